The highest BCUT2D eigenvalue weighted by Crippen LogP contribution is 2.30. The molecule has 6 nitrogen and oxygen atoms in total. The monoisotopic (exact) mass is 225 g/mol. The van der Waals surface area contributed by atoms with Crippen molar-refractivity contribution >= 4 is 6.09 Å². The predicted octanol–water partition coefficient (Wildman–Crippen LogP) is 0.607. The molecule has 88 valence electrons. The molecular formula is C10H15N3O3. The van der Waals surface area contributed by atoms with Crippen molar-refractivity contribution in [3.8, 4) is 0 Å². The highest BCUT2D eigenvalue weighted by Gasteiger charge is 2.34. The first-order valence-corrected chi connectivity index (χ1v) is 5.18. The zero-order valence-corrected chi connectivity index (χ0v) is 9.40. The fourth-order valence-electron chi connectivity index (χ4n) is 2.08. The van der Waals surface area contributed by atoms with Crippen molar-refractivity contribution in [3.63, 3.8) is 0 Å². The molecule has 0 fully saturated rings. The van der Waals surface area contributed by atoms with Gasteiger partial charge in [0.2, 0.25) is 0 Å². The number of methoxy groups -OCH3 is 1. The van der Waals surface area contributed by atoms with Crippen LogP contribution in [0.3, 0.4) is 0 Å². The highest BCUT2D eigenvalue weighted by atomic mass is 16.5. The zero-order valence-electron chi connectivity index (χ0n) is 9.40. The molecule has 2 rings (SSSR count). The summed E-state index contributed by atoms with van der Waals surface area (Å²) in [6, 6.07) is -0.242. The lowest BCUT2D eigenvalue weighted by atomic mass is 9.98. The summed E-state index contributed by atoms with van der Waals surface area (Å²) in [6.07, 6.45) is 0.359. The summed E-state index contributed by atoms with van der Waals surface area (Å²) >= 11 is 0. The van der Waals surface area contributed by atoms with Crippen molar-refractivity contribution in [3.05, 3.63) is 17.0 Å². The summed E-state index contributed by atoms with van der Waals surface area (Å²) in [5.41, 5.74) is 7.51. The number of nitrogens with two attached hydrogens (primary N) is 1. The van der Waals surface area contributed by atoms with E-state index in [-0.39, 0.29) is 12.1 Å². The van der Waals surface area contributed by atoms with E-state index in [4.69, 9.17) is 15.0 Å². The first-order chi connectivity index (χ1) is 7.69. The van der Waals surface area contributed by atoms with Crippen LogP contribution in [-0.2, 0) is 11.2 Å². The summed E-state index contributed by atoms with van der Waals surface area (Å²) < 4.78 is 9.84. The third-order valence-electron chi connectivity index (χ3n) is 2.94. The number of ether oxygens (including phenoxy) is 1. The van der Waals surface area contributed by atoms with Crippen molar-refractivity contribution in [1.29, 1.82) is 0 Å². The van der Waals surface area contributed by atoms with Gasteiger partial charge in [0.1, 0.15) is 11.5 Å². The summed E-state index contributed by atoms with van der Waals surface area (Å²) in [5.74, 6) is 0.804. The number of hydrogen-bond donors (Lipinski definition) is 1. The predicted molar refractivity (Wildman–Crippen MR) is 55.9 cm³/mol. The Hall–Kier alpha value is -1.56. The van der Waals surface area contributed by atoms with Gasteiger partial charge < -0.3 is 15.0 Å². The van der Waals surface area contributed by atoms with Gasteiger partial charge in [-0.25, -0.2) is 4.79 Å². The molecule has 1 aliphatic rings. The van der Waals surface area contributed by atoms with Gasteiger partial charge in [-0.15, -0.1) is 0 Å². The molecular weight excluding hydrogens is 210 g/mol. The summed E-state index contributed by atoms with van der Waals surface area (Å²) in [5, 5.41) is 3.97. The maximum atomic E-state index is 11.5. The Bertz CT molecular complexity index is 402. The third kappa shape index (κ3) is 1.55. The Labute approximate surface area is 93.3 Å². The molecule has 0 spiro atoms. The smallest absolute Gasteiger partial charge is 0.410 e. The molecule has 1 aliphatic heterocycles. The third-order valence-corrected chi connectivity index (χ3v) is 2.94. The molecule has 2 heterocycles. The fraction of sp³-hybridized carbons (Fsp3) is 0.600. The van der Waals surface area contributed by atoms with Gasteiger partial charge in [0.25, 0.3) is 0 Å². The second-order valence-corrected chi connectivity index (χ2v) is 3.77. The number of rotatable bonds is 1. The van der Waals surface area contributed by atoms with E-state index in [2.05, 4.69) is 5.16 Å². The van der Waals surface area contributed by atoms with E-state index in [0.29, 0.717) is 13.1 Å². The molecule has 16 heavy (non-hydrogen) atoms. The molecule has 6 heteroatoms. The second kappa shape index (κ2) is 4.13. The molecule has 0 saturated carbocycles. The van der Waals surface area contributed by atoms with Crippen molar-refractivity contribution in [1.82, 2.24) is 10.1 Å². The van der Waals surface area contributed by atoms with Crippen molar-refractivity contribution in [2.24, 2.45) is 5.73 Å². The van der Waals surface area contributed by atoms with E-state index < -0.39 is 0 Å². The van der Waals surface area contributed by atoms with Gasteiger partial charge in [-0.2, -0.15) is 0 Å². The highest BCUT2D eigenvalue weighted by molar-refractivity contribution is 5.68. The van der Waals surface area contributed by atoms with Gasteiger partial charge in [0.15, 0.2) is 0 Å². The summed E-state index contributed by atoms with van der Waals surface area (Å²) in [4.78, 5) is 13.1. The minimum Gasteiger partial charge on any atom is -0.453 e. The van der Waals surface area contributed by atoms with Crippen molar-refractivity contribution < 1.29 is 14.1 Å². The molecule has 0 radical (unpaired) electrons. The van der Waals surface area contributed by atoms with Crippen LogP contribution in [0.5, 0.6) is 0 Å². The van der Waals surface area contributed by atoms with Crippen molar-refractivity contribution in [2.75, 3.05) is 20.2 Å². The molecule has 0 aliphatic carbocycles. The van der Waals surface area contributed by atoms with Gasteiger partial charge in [-0.05, 0) is 13.3 Å². The van der Waals surface area contributed by atoms with Gasteiger partial charge in [-0.1, -0.05) is 5.16 Å². The van der Waals surface area contributed by atoms with E-state index in [9.17, 15) is 4.79 Å². The van der Waals surface area contributed by atoms with Gasteiger partial charge >= 0.3 is 6.09 Å². The zero-order chi connectivity index (χ0) is 11.7. The maximum absolute atomic E-state index is 11.5. The number of carbonyl (C=O) groups excluding carboxylic acids is 1. The Balaban J connectivity index is 2.33. The van der Waals surface area contributed by atoms with Crippen LogP contribution in [0.1, 0.15) is 23.1 Å². The molecule has 1 unspecified atom stereocenters. The number of carbonyl (C=O) groups is 1. The van der Waals surface area contributed by atoms with Crippen LogP contribution < -0.4 is 5.73 Å². The van der Waals surface area contributed by atoms with Crippen LogP contribution in [-0.4, -0.2) is 36.3 Å². The molecule has 0 aromatic carbocycles. The fourth-order valence-corrected chi connectivity index (χ4v) is 2.08. The SMILES string of the molecule is COC(=O)N1CCc2c(noc2C)C1CN. The first kappa shape index (κ1) is 10.9. The van der Waals surface area contributed by atoms with Crippen LogP contribution in [0.25, 0.3) is 0 Å². The van der Waals surface area contributed by atoms with E-state index in [1.54, 1.807) is 4.90 Å². The number of aromatic nitrogens is 1. The lowest BCUT2D eigenvalue weighted by Crippen LogP contribution is -2.43. The van der Waals surface area contributed by atoms with E-state index in [1.165, 1.54) is 7.11 Å². The van der Waals surface area contributed by atoms with Crippen LogP contribution in [0.4, 0.5) is 4.79 Å². The number of amides is 1. The van der Waals surface area contributed by atoms with Crippen LogP contribution in [0, 0.1) is 6.92 Å². The normalized spacial score (nSPS) is 19.4. The van der Waals surface area contributed by atoms with Crippen molar-refractivity contribution in [2.45, 2.75) is 19.4 Å². The summed E-state index contributed by atoms with van der Waals surface area (Å²) in [6.45, 7) is 2.77. The standard InChI is InChI=1S/C10H15N3O3/c1-6-7-3-4-13(10(14)15-2)8(5-11)9(7)12-16-6/h8H,3-5,11H2,1-2H3. The molecule has 1 atom stereocenters. The van der Waals surface area contributed by atoms with Crippen LogP contribution in [0.15, 0.2) is 4.52 Å². The number of aryl methyl sites for hydroxylation is 1. The molecule has 1 amide bonds. The molecule has 1 aromatic heterocycles. The average molecular weight is 225 g/mol. The average Bonchev–Trinajstić information content (AvgIpc) is 2.69. The Morgan fingerprint density at radius 3 is 3.12 bits per heavy atom. The van der Waals surface area contributed by atoms with Crippen LogP contribution >= 0.6 is 0 Å². The summed E-state index contributed by atoms with van der Waals surface area (Å²) in [7, 11) is 1.36. The topological polar surface area (TPSA) is 81.6 Å². The van der Waals surface area contributed by atoms with E-state index >= 15 is 0 Å². The number of nitrogens with zero attached hydrogens (tertiary/aromatic N) is 2. The largest absolute Gasteiger partial charge is 0.453 e. The second-order valence-electron chi connectivity index (χ2n) is 3.77. The minimum absolute atomic E-state index is 0.242. The van der Waals surface area contributed by atoms with Crippen LogP contribution in [0.2, 0.25) is 0 Å². The maximum Gasteiger partial charge on any atom is 0.410 e. The molecule has 1 aromatic rings. The quantitative estimate of drug-likeness (QED) is 0.757. The van der Waals surface area contributed by atoms with E-state index in [0.717, 1.165) is 23.4 Å². The number of hydrogen-bond acceptors (Lipinski definition) is 5. The Morgan fingerprint density at radius 1 is 1.75 bits per heavy atom. The Kier molecular flexibility index (Phi) is 2.82. The van der Waals surface area contributed by atoms with Gasteiger partial charge in [0, 0.05) is 18.7 Å². The van der Waals surface area contributed by atoms with Gasteiger partial charge in [-0.3, -0.25) is 4.90 Å². The Morgan fingerprint density at radius 2 is 2.50 bits per heavy atom. The van der Waals surface area contributed by atoms with Gasteiger partial charge in [0.05, 0.1) is 13.2 Å². The van der Waals surface area contributed by atoms with E-state index in [1.807, 2.05) is 6.92 Å². The lowest BCUT2D eigenvalue weighted by molar-refractivity contribution is 0.101. The first-order valence-electron chi connectivity index (χ1n) is 5.18. The molecule has 0 saturated heterocycles. The minimum atomic E-state index is -0.373. The lowest BCUT2D eigenvalue weighted by Gasteiger charge is -2.32. The molecule has 0 bridgehead atoms. The molecule has 2 N–H and O–H groups in total. The number of fused-ring (bicyclic) bond motifs is 1.